The first-order valence-electron chi connectivity index (χ1n) is 9.17. The number of carbonyl (C=O) groups is 2. The van der Waals surface area contributed by atoms with Crippen LogP contribution in [0.3, 0.4) is 0 Å². The van der Waals surface area contributed by atoms with Gasteiger partial charge < -0.3 is 10.6 Å². The molecular formula is C21H23N5O2. The second kappa shape index (κ2) is 8.94. The first kappa shape index (κ1) is 19.3. The topological polar surface area (TPSA) is 88.9 Å². The Labute approximate surface area is 163 Å². The highest BCUT2D eigenvalue weighted by Crippen LogP contribution is 2.23. The number of benzene rings is 1. The van der Waals surface area contributed by atoms with E-state index in [4.69, 9.17) is 0 Å². The molecule has 0 aliphatic rings. The van der Waals surface area contributed by atoms with Gasteiger partial charge in [-0.15, -0.1) is 0 Å². The number of para-hydroxylation sites is 1. The second-order valence-corrected chi connectivity index (χ2v) is 6.61. The number of hydrogen-bond donors (Lipinski definition) is 2. The molecule has 2 heterocycles. The summed E-state index contributed by atoms with van der Waals surface area (Å²) < 4.78 is 1.68. The summed E-state index contributed by atoms with van der Waals surface area (Å²) in [7, 11) is 0. The maximum absolute atomic E-state index is 12.8. The highest BCUT2D eigenvalue weighted by molar-refractivity contribution is 5.99. The van der Waals surface area contributed by atoms with Gasteiger partial charge in [0.1, 0.15) is 5.69 Å². The van der Waals surface area contributed by atoms with E-state index in [1.165, 1.54) is 0 Å². The normalized spacial score (nSPS) is 10.7. The van der Waals surface area contributed by atoms with E-state index < -0.39 is 0 Å². The van der Waals surface area contributed by atoms with Crippen molar-refractivity contribution in [1.29, 1.82) is 0 Å². The summed E-state index contributed by atoms with van der Waals surface area (Å²) in [6.07, 6.45) is 5.06. The standard InChI is InChI=1S/C21H23N5O2/c1-15(2)20(27)23-11-12-24-21(28)18-14-26(17-8-4-3-5-9-17)25-19(18)16-7-6-10-22-13-16/h3-10,13-15H,11-12H2,1-2H3,(H,23,27)(H,24,28). The number of nitrogens with one attached hydrogen (secondary N) is 2. The van der Waals surface area contributed by atoms with Gasteiger partial charge in [-0.1, -0.05) is 32.0 Å². The SMILES string of the molecule is CC(C)C(=O)NCCNC(=O)c1cn(-c2ccccc2)nc1-c1cccnc1. The van der Waals surface area contributed by atoms with Crippen LogP contribution in [0.25, 0.3) is 16.9 Å². The Bertz CT molecular complexity index is 936. The molecule has 0 aliphatic carbocycles. The molecule has 1 aromatic carbocycles. The Kier molecular flexibility index (Phi) is 6.16. The lowest BCUT2D eigenvalue weighted by molar-refractivity contribution is -0.123. The molecule has 144 valence electrons. The molecule has 0 unspecified atom stereocenters. The fourth-order valence-corrected chi connectivity index (χ4v) is 2.63. The highest BCUT2D eigenvalue weighted by atomic mass is 16.2. The number of carbonyl (C=O) groups excluding carboxylic acids is 2. The van der Waals surface area contributed by atoms with Crippen molar-refractivity contribution in [3.63, 3.8) is 0 Å². The Morgan fingerprint density at radius 3 is 2.46 bits per heavy atom. The van der Waals surface area contributed by atoms with Gasteiger partial charge in [0.2, 0.25) is 5.91 Å². The van der Waals surface area contributed by atoms with Gasteiger partial charge in [-0.25, -0.2) is 4.68 Å². The van der Waals surface area contributed by atoms with E-state index in [9.17, 15) is 9.59 Å². The van der Waals surface area contributed by atoms with Crippen molar-refractivity contribution in [2.75, 3.05) is 13.1 Å². The summed E-state index contributed by atoms with van der Waals surface area (Å²) in [5, 5.41) is 10.2. The van der Waals surface area contributed by atoms with E-state index >= 15 is 0 Å². The predicted molar refractivity (Wildman–Crippen MR) is 107 cm³/mol. The number of amides is 2. The monoisotopic (exact) mass is 377 g/mol. The van der Waals surface area contributed by atoms with E-state index in [0.29, 0.717) is 24.3 Å². The Morgan fingerprint density at radius 1 is 1.04 bits per heavy atom. The number of nitrogens with zero attached hydrogens (tertiary/aromatic N) is 3. The quantitative estimate of drug-likeness (QED) is 0.619. The fourth-order valence-electron chi connectivity index (χ4n) is 2.63. The molecule has 0 bridgehead atoms. The fraction of sp³-hybridized carbons (Fsp3) is 0.238. The third-order valence-corrected chi connectivity index (χ3v) is 4.15. The average molecular weight is 377 g/mol. The van der Waals surface area contributed by atoms with Gasteiger partial charge in [-0.3, -0.25) is 14.6 Å². The van der Waals surface area contributed by atoms with Gasteiger partial charge in [0.05, 0.1) is 11.3 Å². The zero-order valence-electron chi connectivity index (χ0n) is 15.9. The molecule has 0 fully saturated rings. The lowest BCUT2D eigenvalue weighted by atomic mass is 10.1. The molecule has 3 aromatic rings. The van der Waals surface area contributed by atoms with Crippen molar-refractivity contribution < 1.29 is 9.59 Å². The second-order valence-electron chi connectivity index (χ2n) is 6.61. The number of pyridine rings is 1. The van der Waals surface area contributed by atoms with Crippen LogP contribution in [0, 0.1) is 5.92 Å². The lowest BCUT2D eigenvalue weighted by Gasteiger charge is -2.08. The Morgan fingerprint density at radius 2 is 1.79 bits per heavy atom. The average Bonchev–Trinajstić information content (AvgIpc) is 3.18. The van der Waals surface area contributed by atoms with Crippen LogP contribution in [-0.2, 0) is 4.79 Å². The van der Waals surface area contributed by atoms with Gasteiger partial charge in [0.25, 0.3) is 5.91 Å². The summed E-state index contributed by atoms with van der Waals surface area (Å²) >= 11 is 0. The molecule has 7 heteroatoms. The van der Waals surface area contributed by atoms with E-state index in [0.717, 1.165) is 11.3 Å². The van der Waals surface area contributed by atoms with E-state index in [2.05, 4.69) is 20.7 Å². The van der Waals surface area contributed by atoms with Gasteiger partial charge in [-0.2, -0.15) is 5.10 Å². The van der Waals surface area contributed by atoms with E-state index in [1.54, 1.807) is 29.3 Å². The van der Waals surface area contributed by atoms with Crippen molar-refractivity contribution in [2.24, 2.45) is 5.92 Å². The molecule has 28 heavy (non-hydrogen) atoms. The predicted octanol–water partition coefficient (Wildman–Crippen LogP) is 2.44. The largest absolute Gasteiger partial charge is 0.354 e. The smallest absolute Gasteiger partial charge is 0.255 e. The molecule has 0 spiro atoms. The zero-order valence-corrected chi connectivity index (χ0v) is 15.9. The molecule has 2 amide bonds. The molecule has 0 aliphatic heterocycles. The minimum Gasteiger partial charge on any atom is -0.354 e. The van der Waals surface area contributed by atoms with E-state index in [-0.39, 0.29) is 17.7 Å². The van der Waals surface area contributed by atoms with Crippen molar-refractivity contribution in [1.82, 2.24) is 25.4 Å². The third kappa shape index (κ3) is 4.62. The number of aromatic nitrogens is 3. The van der Waals surface area contributed by atoms with Crippen molar-refractivity contribution >= 4 is 11.8 Å². The first-order chi connectivity index (χ1) is 13.6. The van der Waals surface area contributed by atoms with Crippen LogP contribution in [0.2, 0.25) is 0 Å². The summed E-state index contributed by atoms with van der Waals surface area (Å²) in [4.78, 5) is 28.5. The van der Waals surface area contributed by atoms with Crippen LogP contribution in [0.15, 0.2) is 61.1 Å². The summed E-state index contributed by atoms with van der Waals surface area (Å²) in [6, 6.07) is 13.3. The first-order valence-corrected chi connectivity index (χ1v) is 9.17. The minimum absolute atomic E-state index is 0.0396. The molecule has 2 aromatic heterocycles. The van der Waals surface area contributed by atoms with Gasteiger partial charge in [0.15, 0.2) is 0 Å². The summed E-state index contributed by atoms with van der Waals surface area (Å²) in [6.45, 7) is 4.36. The summed E-state index contributed by atoms with van der Waals surface area (Å²) in [5.74, 6) is -0.376. The number of hydrogen-bond acceptors (Lipinski definition) is 4. The van der Waals surface area contributed by atoms with Crippen molar-refractivity contribution in [3.8, 4) is 16.9 Å². The molecule has 0 radical (unpaired) electrons. The maximum Gasteiger partial charge on any atom is 0.255 e. The van der Waals surface area contributed by atoms with Crippen molar-refractivity contribution in [2.45, 2.75) is 13.8 Å². The molecule has 0 saturated carbocycles. The lowest BCUT2D eigenvalue weighted by Crippen LogP contribution is -2.36. The minimum atomic E-state index is -0.250. The third-order valence-electron chi connectivity index (χ3n) is 4.15. The van der Waals surface area contributed by atoms with Gasteiger partial charge in [0, 0.05) is 43.2 Å². The Balaban J connectivity index is 1.79. The van der Waals surface area contributed by atoms with E-state index in [1.807, 2.05) is 50.2 Å². The Hall–Kier alpha value is -3.48. The van der Waals surface area contributed by atoms with Gasteiger partial charge in [-0.05, 0) is 24.3 Å². The zero-order chi connectivity index (χ0) is 19.9. The molecule has 2 N–H and O–H groups in total. The van der Waals surface area contributed by atoms with Crippen LogP contribution in [0.5, 0.6) is 0 Å². The van der Waals surface area contributed by atoms with Gasteiger partial charge >= 0.3 is 0 Å². The molecule has 7 nitrogen and oxygen atoms in total. The molecule has 3 rings (SSSR count). The summed E-state index contributed by atoms with van der Waals surface area (Å²) in [5.41, 5.74) is 2.62. The molecular weight excluding hydrogens is 354 g/mol. The van der Waals surface area contributed by atoms with Crippen LogP contribution >= 0.6 is 0 Å². The van der Waals surface area contributed by atoms with Crippen LogP contribution in [0.1, 0.15) is 24.2 Å². The number of rotatable bonds is 7. The van der Waals surface area contributed by atoms with Crippen LogP contribution in [-0.4, -0.2) is 39.7 Å². The van der Waals surface area contributed by atoms with Crippen LogP contribution < -0.4 is 10.6 Å². The molecule has 0 saturated heterocycles. The highest BCUT2D eigenvalue weighted by Gasteiger charge is 2.18. The van der Waals surface area contributed by atoms with Crippen LogP contribution in [0.4, 0.5) is 0 Å². The molecule has 0 atom stereocenters. The van der Waals surface area contributed by atoms with Crippen molar-refractivity contribution in [3.05, 3.63) is 66.6 Å². The maximum atomic E-state index is 12.8.